The second-order valence-electron chi connectivity index (χ2n) is 5.02. The summed E-state index contributed by atoms with van der Waals surface area (Å²) in [6, 6.07) is 17.4. The highest BCUT2D eigenvalue weighted by atomic mass is 16.5. The Morgan fingerprint density at radius 1 is 0.750 bits per heavy atom. The maximum Gasteiger partial charge on any atom is 0.0713 e. The van der Waals surface area contributed by atoms with Gasteiger partial charge in [-0.1, -0.05) is 55.5 Å². The molecular weight excluding hydrogens is 246 g/mol. The Balaban J connectivity index is 1.79. The molecule has 0 fully saturated rings. The van der Waals surface area contributed by atoms with E-state index in [-0.39, 0.29) is 0 Å². The highest BCUT2D eigenvalue weighted by Gasteiger charge is 1.96. The van der Waals surface area contributed by atoms with E-state index in [1.54, 1.807) is 7.11 Å². The molecule has 20 heavy (non-hydrogen) atoms. The number of benzene rings is 2. The summed E-state index contributed by atoms with van der Waals surface area (Å²) in [7, 11) is 1.72. The molecule has 2 aromatic rings. The maximum absolute atomic E-state index is 5.11. The SMILES string of the molecule is CCc1ccc(CNCc2ccc(COC)cc2)cc1. The van der Waals surface area contributed by atoms with Gasteiger partial charge in [0.15, 0.2) is 0 Å². The van der Waals surface area contributed by atoms with Crippen molar-refractivity contribution >= 4 is 0 Å². The van der Waals surface area contributed by atoms with E-state index in [4.69, 9.17) is 4.74 Å². The maximum atomic E-state index is 5.11. The third kappa shape index (κ3) is 4.48. The molecule has 0 atom stereocenters. The van der Waals surface area contributed by atoms with E-state index >= 15 is 0 Å². The Hall–Kier alpha value is -1.64. The number of nitrogens with one attached hydrogen (secondary N) is 1. The molecule has 1 N–H and O–H groups in total. The first kappa shape index (κ1) is 14.8. The largest absolute Gasteiger partial charge is 0.380 e. The fraction of sp³-hybridized carbons (Fsp3) is 0.333. The molecule has 0 spiro atoms. The van der Waals surface area contributed by atoms with E-state index in [9.17, 15) is 0 Å². The smallest absolute Gasteiger partial charge is 0.0713 e. The predicted molar refractivity (Wildman–Crippen MR) is 83.5 cm³/mol. The van der Waals surface area contributed by atoms with Crippen LogP contribution in [0, 0.1) is 0 Å². The molecule has 0 aliphatic rings. The minimum Gasteiger partial charge on any atom is -0.380 e. The first-order valence-corrected chi connectivity index (χ1v) is 7.17. The third-order valence-electron chi connectivity index (χ3n) is 3.42. The van der Waals surface area contributed by atoms with Crippen molar-refractivity contribution in [3.8, 4) is 0 Å². The van der Waals surface area contributed by atoms with Crippen LogP contribution in [0.5, 0.6) is 0 Å². The quantitative estimate of drug-likeness (QED) is 0.828. The molecule has 0 radical (unpaired) electrons. The zero-order valence-corrected chi connectivity index (χ0v) is 12.4. The molecular formula is C18H23NO. The first-order valence-electron chi connectivity index (χ1n) is 7.17. The van der Waals surface area contributed by atoms with Crippen LogP contribution in [0.1, 0.15) is 29.2 Å². The second-order valence-corrected chi connectivity index (χ2v) is 5.02. The molecule has 106 valence electrons. The molecule has 0 aliphatic carbocycles. The van der Waals surface area contributed by atoms with E-state index in [2.05, 4.69) is 60.8 Å². The van der Waals surface area contributed by atoms with Crippen LogP contribution in [0.2, 0.25) is 0 Å². The van der Waals surface area contributed by atoms with Crippen LogP contribution in [0.25, 0.3) is 0 Å². The van der Waals surface area contributed by atoms with E-state index in [0.717, 1.165) is 19.5 Å². The monoisotopic (exact) mass is 269 g/mol. The van der Waals surface area contributed by atoms with Gasteiger partial charge in [0.1, 0.15) is 0 Å². The molecule has 2 rings (SSSR count). The predicted octanol–water partition coefficient (Wildman–Crippen LogP) is 3.69. The fourth-order valence-electron chi connectivity index (χ4n) is 2.16. The topological polar surface area (TPSA) is 21.3 Å². The molecule has 0 saturated heterocycles. The number of aryl methyl sites for hydroxylation is 1. The van der Waals surface area contributed by atoms with E-state index in [1.165, 1.54) is 22.3 Å². The normalized spacial score (nSPS) is 10.7. The van der Waals surface area contributed by atoms with Crippen molar-refractivity contribution in [3.63, 3.8) is 0 Å². The van der Waals surface area contributed by atoms with E-state index < -0.39 is 0 Å². The Morgan fingerprint density at radius 2 is 1.20 bits per heavy atom. The van der Waals surface area contributed by atoms with Crippen LogP contribution < -0.4 is 5.32 Å². The molecule has 0 aliphatic heterocycles. The molecule has 0 bridgehead atoms. The van der Waals surface area contributed by atoms with Crippen LogP contribution in [0.3, 0.4) is 0 Å². The molecule has 0 saturated carbocycles. The van der Waals surface area contributed by atoms with Crippen LogP contribution in [-0.2, 0) is 30.9 Å². The summed E-state index contributed by atoms with van der Waals surface area (Å²) >= 11 is 0. The van der Waals surface area contributed by atoms with Crippen molar-refractivity contribution in [2.24, 2.45) is 0 Å². The highest BCUT2D eigenvalue weighted by Crippen LogP contribution is 2.07. The first-order chi connectivity index (χ1) is 9.81. The number of hydrogen-bond donors (Lipinski definition) is 1. The van der Waals surface area contributed by atoms with E-state index in [0.29, 0.717) is 6.61 Å². The van der Waals surface area contributed by atoms with Crippen LogP contribution in [-0.4, -0.2) is 7.11 Å². The summed E-state index contributed by atoms with van der Waals surface area (Å²) in [5.74, 6) is 0. The van der Waals surface area contributed by atoms with Gasteiger partial charge in [0.25, 0.3) is 0 Å². The Kier molecular flexibility index (Phi) is 5.78. The summed E-state index contributed by atoms with van der Waals surface area (Å²) < 4.78 is 5.11. The molecule has 0 unspecified atom stereocenters. The lowest BCUT2D eigenvalue weighted by molar-refractivity contribution is 0.185. The number of ether oxygens (including phenoxy) is 1. The van der Waals surface area contributed by atoms with Gasteiger partial charge in [0, 0.05) is 20.2 Å². The van der Waals surface area contributed by atoms with Crippen LogP contribution in [0.4, 0.5) is 0 Å². The average molecular weight is 269 g/mol. The molecule has 0 heterocycles. The zero-order chi connectivity index (χ0) is 14.2. The lowest BCUT2D eigenvalue weighted by Gasteiger charge is -2.07. The minimum atomic E-state index is 0.678. The van der Waals surface area contributed by atoms with Gasteiger partial charge in [-0.05, 0) is 28.7 Å². The molecule has 0 amide bonds. The van der Waals surface area contributed by atoms with Crippen molar-refractivity contribution in [2.45, 2.75) is 33.0 Å². The second kappa shape index (κ2) is 7.83. The number of rotatable bonds is 7. The lowest BCUT2D eigenvalue weighted by atomic mass is 10.1. The van der Waals surface area contributed by atoms with Crippen molar-refractivity contribution in [2.75, 3.05) is 7.11 Å². The van der Waals surface area contributed by atoms with Gasteiger partial charge in [0.2, 0.25) is 0 Å². The van der Waals surface area contributed by atoms with Crippen LogP contribution in [0.15, 0.2) is 48.5 Å². The highest BCUT2D eigenvalue weighted by molar-refractivity contribution is 5.23. The Labute approximate surface area is 121 Å². The summed E-state index contributed by atoms with van der Waals surface area (Å²) in [4.78, 5) is 0. The van der Waals surface area contributed by atoms with Crippen LogP contribution >= 0.6 is 0 Å². The van der Waals surface area contributed by atoms with Crippen molar-refractivity contribution < 1.29 is 4.74 Å². The third-order valence-corrected chi connectivity index (χ3v) is 3.42. The molecule has 2 nitrogen and oxygen atoms in total. The van der Waals surface area contributed by atoms with Gasteiger partial charge in [0.05, 0.1) is 6.61 Å². The summed E-state index contributed by atoms with van der Waals surface area (Å²) in [5, 5.41) is 3.48. The van der Waals surface area contributed by atoms with E-state index in [1.807, 2.05) is 0 Å². The molecule has 2 heteroatoms. The summed E-state index contributed by atoms with van der Waals surface area (Å²) in [5.41, 5.74) is 5.24. The fourth-order valence-corrected chi connectivity index (χ4v) is 2.16. The van der Waals surface area contributed by atoms with Crippen molar-refractivity contribution in [3.05, 3.63) is 70.8 Å². The zero-order valence-electron chi connectivity index (χ0n) is 12.4. The molecule has 2 aromatic carbocycles. The van der Waals surface area contributed by atoms with Gasteiger partial charge < -0.3 is 10.1 Å². The van der Waals surface area contributed by atoms with Crippen molar-refractivity contribution in [1.29, 1.82) is 0 Å². The standard InChI is InChI=1S/C18H23NO/c1-3-15-4-6-16(7-5-15)12-19-13-17-8-10-18(11-9-17)14-20-2/h4-11,19H,3,12-14H2,1-2H3. The summed E-state index contributed by atoms with van der Waals surface area (Å²) in [6.07, 6.45) is 1.10. The summed E-state index contributed by atoms with van der Waals surface area (Å²) in [6.45, 7) is 4.66. The van der Waals surface area contributed by atoms with Gasteiger partial charge in [-0.3, -0.25) is 0 Å². The van der Waals surface area contributed by atoms with Gasteiger partial charge in [-0.15, -0.1) is 0 Å². The lowest BCUT2D eigenvalue weighted by Crippen LogP contribution is -2.12. The van der Waals surface area contributed by atoms with Gasteiger partial charge in [-0.25, -0.2) is 0 Å². The van der Waals surface area contributed by atoms with Crippen molar-refractivity contribution in [1.82, 2.24) is 5.32 Å². The Morgan fingerprint density at radius 3 is 1.65 bits per heavy atom. The van der Waals surface area contributed by atoms with Gasteiger partial charge in [-0.2, -0.15) is 0 Å². The number of hydrogen-bond acceptors (Lipinski definition) is 2. The minimum absolute atomic E-state index is 0.678. The number of methoxy groups -OCH3 is 1. The molecule has 0 aromatic heterocycles. The Bertz CT molecular complexity index is 502. The average Bonchev–Trinajstić information content (AvgIpc) is 2.50. The van der Waals surface area contributed by atoms with Gasteiger partial charge >= 0.3 is 0 Å².